The first-order valence-corrected chi connectivity index (χ1v) is 4.98. The van der Waals surface area contributed by atoms with Crippen molar-refractivity contribution in [2.75, 3.05) is 0 Å². The lowest BCUT2D eigenvalue weighted by atomic mass is 9.93. The lowest BCUT2D eigenvalue weighted by molar-refractivity contribution is 0.742. The van der Waals surface area contributed by atoms with Crippen LogP contribution in [0.2, 0.25) is 0 Å². The number of rotatable bonds is 1. The molecule has 0 unspecified atom stereocenters. The quantitative estimate of drug-likeness (QED) is 0.602. The van der Waals surface area contributed by atoms with Crippen LogP contribution in [0.1, 0.15) is 36.8 Å². The van der Waals surface area contributed by atoms with Gasteiger partial charge in [-0.15, -0.1) is 0 Å². The molecule has 1 aromatic rings. The summed E-state index contributed by atoms with van der Waals surface area (Å²) in [7, 11) is 0. The van der Waals surface area contributed by atoms with Crippen LogP contribution in [0, 0.1) is 6.92 Å². The van der Waals surface area contributed by atoms with Gasteiger partial charge in [-0.2, -0.15) is 0 Å². The zero-order chi connectivity index (χ0) is 9.10. The molecule has 0 atom stereocenters. The van der Waals surface area contributed by atoms with Gasteiger partial charge in [-0.25, -0.2) is 0 Å². The smallest absolute Gasteiger partial charge is 0.0228 e. The Morgan fingerprint density at radius 2 is 1.77 bits per heavy atom. The second-order valence-corrected chi connectivity index (χ2v) is 3.67. The fraction of sp³-hybridized carbons (Fsp3) is 0.308. The molecule has 0 amide bonds. The fourth-order valence-corrected chi connectivity index (χ4v) is 1.82. The number of hydrogen-bond acceptors (Lipinski definition) is 0. The van der Waals surface area contributed by atoms with Crippen molar-refractivity contribution in [1.82, 2.24) is 0 Å². The summed E-state index contributed by atoms with van der Waals surface area (Å²) in [5.41, 5.74) is 4.00. The normalized spacial score (nSPS) is 16.8. The highest BCUT2D eigenvalue weighted by Gasteiger charge is 2.04. The van der Waals surface area contributed by atoms with Gasteiger partial charge in [0.1, 0.15) is 0 Å². The number of hydrogen-bond donors (Lipinski definition) is 0. The SMILES string of the molecule is [CH2]c1ccc(C2=CCCCC2)cc1. The van der Waals surface area contributed by atoms with Gasteiger partial charge in [0.25, 0.3) is 0 Å². The molecule has 0 saturated carbocycles. The molecule has 13 heavy (non-hydrogen) atoms. The van der Waals surface area contributed by atoms with Crippen molar-refractivity contribution in [1.29, 1.82) is 0 Å². The van der Waals surface area contributed by atoms with Gasteiger partial charge in [0.05, 0.1) is 0 Å². The van der Waals surface area contributed by atoms with Gasteiger partial charge < -0.3 is 0 Å². The van der Waals surface area contributed by atoms with E-state index < -0.39 is 0 Å². The largest absolute Gasteiger partial charge is 0.0807 e. The summed E-state index contributed by atoms with van der Waals surface area (Å²) in [5.74, 6) is 0. The van der Waals surface area contributed by atoms with Gasteiger partial charge in [0.15, 0.2) is 0 Å². The molecule has 1 aliphatic carbocycles. The maximum atomic E-state index is 3.89. The van der Waals surface area contributed by atoms with Crippen LogP contribution in [0.5, 0.6) is 0 Å². The second kappa shape index (κ2) is 3.78. The Kier molecular flexibility index (Phi) is 2.49. The van der Waals surface area contributed by atoms with E-state index in [4.69, 9.17) is 0 Å². The Bertz CT molecular complexity index is 303. The molecular formula is C13H15. The van der Waals surface area contributed by atoms with Crippen LogP contribution >= 0.6 is 0 Å². The minimum Gasteiger partial charge on any atom is -0.0807 e. The third kappa shape index (κ3) is 2.00. The minimum absolute atomic E-state index is 1.10. The van der Waals surface area contributed by atoms with Crippen LogP contribution in [0.4, 0.5) is 0 Å². The van der Waals surface area contributed by atoms with Crippen LogP contribution in [0.15, 0.2) is 30.3 Å². The fourth-order valence-electron chi connectivity index (χ4n) is 1.82. The standard InChI is InChI=1S/C13H15/c1-11-7-9-13(10-8-11)12-5-3-2-4-6-12/h5,7-10H,1-4,6H2. The highest BCUT2D eigenvalue weighted by atomic mass is 14.1. The first-order chi connectivity index (χ1) is 6.36. The minimum atomic E-state index is 1.10. The second-order valence-electron chi connectivity index (χ2n) is 3.67. The summed E-state index contributed by atoms with van der Waals surface area (Å²) >= 11 is 0. The molecule has 1 aromatic carbocycles. The van der Waals surface area contributed by atoms with E-state index in [-0.39, 0.29) is 0 Å². The molecule has 67 valence electrons. The van der Waals surface area contributed by atoms with Gasteiger partial charge in [0.2, 0.25) is 0 Å². The van der Waals surface area contributed by atoms with Crippen LogP contribution in [-0.2, 0) is 0 Å². The molecule has 0 spiro atoms. The topological polar surface area (TPSA) is 0 Å². The summed E-state index contributed by atoms with van der Waals surface area (Å²) in [6, 6.07) is 8.54. The molecule has 0 aliphatic heterocycles. The molecule has 0 bridgehead atoms. The van der Waals surface area contributed by atoms with Crippen LogP contribution in [-0.4, -0.2) is 0 Å². The monoisotopic (exact) mass is 171 g/mol. The summed E-state index contributed by atoms with van der Waals surface area (Å²) in [6.45, 7) is 3.89. The van der Waals surface area contributed by atoms with Crippen molar-refractivity contribution >= 4 is 5.57 Å². The van der Waals surface area contributed by atoms with Gasteiger partial charge in [0, 0.05) is 0 Å². The average Bonchev–Trinajstić information content (AvgIpc) is 2.20. The lowest BCUT2D eigenvalue weighted by Crippen LogP contribution is -1.91. The molecule has 0 N–H and O–H groups in total. The lowest BCUT2D eigenvalue weighted by Gasteiger charge is -2.12. The molecule has 2 rings (SSSR count). The molecule has 0 nitrogen and oxygen atoms in total. The first kappa shape index (κ1) is 8.55. The van der Waals surface area contributed by atoms with E-state index in [1.807, 2.05) is 0 Å². The molecule has 0 saturated heterocycles. The number of benzene rings is 1. The van der Waals surface area contributed by atoms with Crippen LogP contribution in [0.3, 0.4) is 0 Å². The summed E-state index contributed by atoms with van der Waals surface area (Å²) in [5, 5.41) is 0. The van der Waals surface area contributed by atoms with Gasteiger partial charge in [-0.1, -0.05) is 30.3 Å². The van der Waals surface area contributed by atoms with E-state index >= 15 is 0 Å². The maximum Gasteiger partial charge on any atom is -0.0228 e. The van der Waals surface area contributed by atoms with Crippen molar-refractivity contribution in [3.8, 4) is 0 Å². The van der Waals surface area contributed by atoms with Crippen LogP contribution < -0.4 is 0 Å². The van der Waals surface area contributed by atoms with E-state index in [0.717, 1.165) is 5.56 Å². The molecule has 0 fully saturated rings. The van der Waals surface area contributed by atoms with Crippen molar-refractivity contribution < 1.29 is 0 Å². The Morgan fingerprint density at radius 3 is 2.38 bits per heavy atom. The third-order valence-electron chi connectivity index (χ3n) is 2.62. The molecular weight excluding hydrogens is 156 g/mol. The average molecular weight is 171 g/mol. The Balaban J connectivity index is 2.24. The highest BCUT2D eigenvalue weighted by molar-refractivity contribution is 5.66. The van der Waals surface area contributed by atoms with Gasteiger partial charge in [-0.3, -0.25) is 0 Å². The van der Waals surface area contributed by atoms with E-state index in [2.05, 4.69) is 37.3 Å². The van der Waals surface area contributed by atoms with E-state index in [9.17, 15) is 0 Å². The van der Waals surface area contributed by atoms with E-state index in [1.54, 1.807) is 0 Å². The van der Waals surface area contributed by atoms with Crippen LogP contribution in [0.25, 0.3) is 5.57 Å². The summed E-state index contributed by atoms with van der Waals surface area (Å²) in [6.07, 6.45) is 7.58. The Morgan fingerprint density at radius 1 is 1.00 bits per heavy atom. The van der Waals surface area contributed by atoms with Gasteiger partial charge in [-0.05, 0) is 49.3 Å². The van der Waals surface area contributed by atoms with E-state index in [0.29, 0.717) is 0 Å². The first-order valence-electron chi connectivity index (χ1n) is 4.98. The zero-order valence-electron chi connectivity index (χ0n) is 7.92. The van der Waals surface area contributed by atoms with Crippen molar-refractivity contribution in [2.45, 2.75) is 25.7 Å². The maximum absolute atomic E-state index is 3.89. The molecule has 0 aromatic heterocycles. The van der Waals surface area contributed by atoms with Crippen molar-refractivity contribution in [3.63, 3.8) is 0 Å². The molecule has 0 heterocycles. The number of allylic oxidation sites excluding steroid dienone is 2. The zero-order valence-corrected chi connectivity index (χ0v) is 7.92. The predicted octanol–water partition coefficient (Wildman–Crippen LogP) is 3.83. The predicted molar refractivity (Wildman–Crippen MR) is 57.3 cm³/mol. The highest BCUT2D eigenvalue weighted by Crippen LogP contribution is 2.26. The third-order valence-corrected chi connectivity index (χ3v) is 2.62. The molecule has 1 aliphatic rings. The Labute approximate surface area is 80.3 Å². The van der Waals surface area contributed by atoms with Gasteiger partial charge >= 0.3 is 0 Å². The van der Waals surface area contributed by atoms with Crippen molar-refractivity contribution in [2.24, 2.45) is 0 Å². The summed E-state index contributed by atoms with van der Waals surface area (Å²) < 4.78 is 0. The van der Waals surface area contributed by atoms with E-state index in [1.165, 1.54) is 36.8 Å². The summed E-state index contributed by atoms with van der Waals surface area (Å²) in [4.78, 5) is 0. The molecule has 1 radical (unpaired) electrons. The molecule has 0 heteroatoms. The van der Waals surface area contributed by atoms with Crippen molar-refractivity contribution in [3.05, 3.63) is 48.4 Å². The Hall–Kier alpha value is -1.04.